The fourth-order valence-electron chi connectivity index (χ4n) is 5.40. The monoisotopic (exact) mass is 498 g/mol. The number of carboxylic acid groups (broad SMARTS) is 3. The number of rotatable bonds is 23. The number of quaternary nitrogens is 1. The molecule has 0 aromatic rings. The van der Waals surface area contributed by atoms with E-state index in [4.69, 9.17) is 0 Å². The summed E-state index contributed by atoms with van der Waals surface area (Å²) in [5, 5.41) is 30.6. The molecule has 0 aliphatic carbocycles. The summed E-state index contributed by atoms with van der Waals surface area (Å²) in [4.78, 5) is 37.5. The number of hydrogen-bond donors (Lipinski definition) is 3. The van der Waals surface area contributed by atoms with Gasteiger partial charge in [-0.3, -0.25) is 4.48 Å². The normalized spacial score (nSPS) is 16.0. The van der Waals surface area contributed by atoms with Crippen LogP contribution >= 0.6 is 0 Å². The summed E-state index contributed by atoms with van der Waals surface area (Å²) in [7, 11) is 0. The van der Waals surface area contributed by atoms with Gasteiger partial charge >= 0.3 is 17.9 Å². The second kappa shape index (κ2) is 19.3. The minimum absolute atomic E-state index is 0.246. The van der Waals surface area contributed by atoms with Crippen LogP contribution in [-0.4, -0.2) is 62.4 Å². The summed E-state index contributed by atoms with van der Waals surface area (Å²) in [6, 6.07) is -3.17. The van der Waals surface area contributed by atoms with E-state index in [1.807, 2.05) is 20.8 Å². The van der Waals surface area contributed by atoms with E-state index in [9.17, 15) is 29.7 Å². The van der Waals surface area contributed by atoms with Crippen LogP contribution < -0.4 is 0 Å². The van der Waals surface area contributed by atoms with Crippen molar-refractivity contribution in [2.75, 3.05) is 6.54 Å². The van der Waals surface area contributed by atoms with Gasteiger partial charge in [-0.25, -0.2) is 14.4 Å². The van der Waals surface area contributed by atoms with Gasteiger partial charge in [0.05, 0.1) is 6.54 Å². The average molecular weight is 499 g/mol. The lowest BCUT2D eigenvalue weighted by molar-refractivity contribution is -0.973. The molecule has 0 spiro atoms. The third-order valence-electron chi connectivity index (χ3n) is 7.09. The van der Waals surface area contributed by atoms with Crippen molar-refractivity contribution in [2.24, 2.45) is 0 Å². The van der Waals surface area contributed by atoms with Gasteiger partial charge in [-0.15, -0.1) is 0 Å². The van der Waals surface area contributed by atoms with E-state index in [0.29, 0.717) is 25.7 Å². The van der Waals surface area contributed by atoms with E-state index in [1.165, 1.54) is 32.1 Å². The van der Waals surface area contributed by atoms with Gasteiger partial charge in [-0.2, -0.15) is 0 Å². The van der Waals surface area contributed by atoms with Crippen LogP contribution in [0.25, 0.3) is 0 Å². The molecule has 0 saturated carbocycles. The number of hydrogen-bond acceptors (Lipinski definition) is 3. The van der Waals surface area contributed by atoms with E-state index < -0.39 is 40.5 Å². The molecule has 35 heavy (non-hydrogen) atoms. The van der Waals surface area contributed by atoms with Gasteiger partial charge < -0.3 is 15.3 Å². The molecule has 0 radical (unpaired) electrons. The molecule has 204 valence electrons. The molecule has 0 amide bonds. The van der Waals surface area contributed by atoms with Crippen molar-refractivity contribution in [1.29, 1.82) is 0 Å². The Bertz CT molecular complexity index is 573. The Morgan fingerprint density at radius 3 is 1.29 bits per heavy atom. The van der Waals surface area contributed by atoms with Crippen LogP contribution in [0.2, 0.25) is 0 Å². The van der Waals surface area contributed by atoms with Gasteiger partial charge in [0.25, 0.3) is 0 Å². The summed E-state index contributed by atoms with van der Waals surface area (Å²) in [6.45, 7) is 8.04. The van der Waals surface area contributed by atoms with E-state index in [1.54, 1.807) is 0 Å². The van der Waals surface area contributed by atoms with Crippen LogP contribution in [0.1, 0.15) is 124 Å². The van der Waals surface area contributed by atoms with E-state index >= 15 is 0 Å². The zero-order valence-corrected chi connectivity index (χ0v) is 22.7. The summed E-state index contributed by atoms with van der Waals surface area (Å²) in [5.41, 5.74) is 0. The first-order valence-electron chi connectivity index (χ1n) is 13.9. The fraction of sp³-hybridized carbons (Fsp3) is 0.821. The second-order valence-corrected chi connectivity index (χ2v) is 9.82. The Morgan fingerprint density at radius 1 is 0.571 bits per heavy atom. The van der Waals surface area contributed by atoms with E-state index in [2.05, 4.69) is 19.1 Å². The van der Waals surface area contributed by atoms with Gasteiger partial charge in [-0.05, 0) is 51.4 Å². The molecule has 0 aliphatic rings. The molecule has 0 bridgehead atoms. The van der Waals surface area contributed by atoms with Crippen molar-refractivity contribution in [3.63, 3.8) is 0 Å². The Kier molecular flexibility index (Phi) is 18.3. The summed E-state index contributed by atoms with van der Waals surface area (Å²) < 4.78 is -0.392. The average Bonchev–Trinajstić information content (AvgIpc) is 2.81. The molecule has 3 atom stereocenters. The van der Waals surface area contributed by atoms with Gasteiger partial charge in [0.2, 0.25) is 0 Å². The highest BCUT2D eigenvalue weighted by molar-refractivity contribution is 5.78. The number of unbranched alkanes of at least 4 members (excludes halogenated alkanes) is 7. The summed E-state index contributed by atoms with van der Waals surface area (Å²) in [5.74, 6) is -3.29. The van der Waals surface area contributed by atoms with Crippen molar-refractivity contribution >= 4 is 17.9 Å². The first kappa shape index (κ1) is 33.1. The lowest BCUT2D eigenvalue weighted by Gasteiger charge is -2.50. The first-order valence-corrected chi connectivity index (χ1v) is 13.9. The zero-order chi connectivity index (χ0) is 26.7. The molecule has 7 nitrogen and oxygen atoms in total. The van der Waals surface area contributed by atoms with Crippen molar-refractivity contribution in [1.82, 2.24) is 0 Å². The predicted molar refractivity (Wildman–Crippen MR) is 140 cm³/mol. The molecule has 0 aromatic heterocycles. The van der Waals surface area contributed by atoms with Crippen LogP contribution in [0, 0.1) is 0 Å². The Balaban J connectivity index is 5.80. The first-order chi connectivity index (χ1) is 16.7. The summed E-state index contributed by atoms with van der Waals surface area (Å²) >= 11 is 0. The molecular formula is C28H52NO6+. The van der Waals surface area contributed by atoms with Crippen LogP contribution in [0.4, 0.5) is 0 Å². The zero-order valence-electron chi connectivity index (χ0n) is 22.7. The topological polar surface area (TPSA) is 112 Å². The largest absolute Gasteiger partial charge is 0.477 e. The SMILES string of the molecule is CCCCCCC/C=C/CCCC[N+](C(CCC)C(=O)O)(C(CCC)C(=O)O)C(CCC)C(=O)O. The van der Waals surface area contributed by atoms with Gasteiger partial charge in [0, 0.05) is 19.3 Å². The predicted octanol–water partition coefficient (Wildman–Crippen LogP) is 6.65. The van der Waals surface area contributed by atoms with E-state index in [0.717, 1.165) is 19.3 Å². The van der Waals surface area contributed by atoms with Gasteiger partial charge in [0.1, 0.15) is 0 Å². The minimum Gasteiger partial charge on any atom is -0.477 e. The third kappa shape index (κ3) is 11.1. The van der Waals surface area contributed by atoms with Crippen LogP contribution in [0.5, 0.6) is 0 Å². The molecule has 0 rings (SSSR count). The third-order valence-corrected chi connectivity index (χ3v) is 7.09. The Hall–Kier alpha value is -1.89. The quantitative estimate of drug-likeness (QED) is 0.0826. The highest BCUT2D eigenvalue weighted by atomic mass is 16.4. The molecule has 3 N–H and O–H groups in total. The highest BCUT2D eigenvalue weighted by Crippen LogP contribution is 2.34. The molecule has 3 unspecified atom stereocenters. The van der Waals surface area contributed by atoms with Crippen molar-refractivity contribution < 1.29 is 34.2 Å². The minimum atomic E-state index is -1.10. The lowest BCUT2D eigenvalue weighted by atomic mass is 9.91. The van der Waals surface area contributed by atoms with Crippen LogP contribution in [0.15, 0.2) is 12.2 Å². The van der Waals surface area contributed by atoms with E-state index in [-0.39, 0.29) is 25.8 Å². The number of allylic oxidation sites excluding steroid dienone is 2. The number of carbonyl (C=O) groups is 3. The Morgan fingerprint density at radius 2 is 0.943 bits per heavy atom. The standard InChI is InChI=1S/C28H51NO6/c1-5-9-10-11-12-13-14-15-16-17-18-22-29(23(19-6-2)26(30)31,24(20-7-3)27(32)33)25(21-8-4)28(34)35/h14-15,23-25H,5-13,16-22H2,1-4H3,(H2-,30,31,32,33,34,35)/p+1/b15-14+. The van der Waals surface area contributed by atoms with Crippen molar-refractivity contribution in [3.8, 4) is 0 Å². The molecule has 0 aromatic carbocycles. The maximum Gasteiger partial charge on any atom is 0.362 e. The van der Waals surface area contributed by atoms with Gasteiger partial charge in [0.15, 0.2) is 18.1 Å². The highest BCUT2D eigenvalue weighted by Gasteiger charge is 2.56. The molecular weight excluding hydrogens is 446 g/mol. The molecule has 0 saturated heterocycles. The van der Waals surface area contributed by atoms with Crippen LogP contribution in [-0.2, 0) is 14.4 Å². The molecule has 0 aliphatic heterocycles. The van der Waals surface area contributed by atoms with Gasteiger partial charge in [-0.1, -0.05) is 65.5 Å². The maximum absolute atomic E-state index is 12.5. The lowest BCUT2D eigenvalue weighted by Crippen LogP contribution is -2.72. The molecule has 7 heteroatoms. The number of nitrogens with zero attached hydrogens (tertiary/aromatic N) is 1. The number of carboxylic acids is 3. The smallest absolute Gasteiger partial charge is 0.362 e. The Labute approximate surface area is 213 Å². The number of aliphatic carboxylic acids is 3. The van der Waals surface area contributed by atoms with Crippen LogP contribution in [0.3, 0.4) is 0 Å². The fourth-order valence-corrected chi connectivity index (χ4v) is 5.40. The summed E-state index contributed by atoms with van der Waals surface area (Å²) in [6.07, 6.45) is 16.2. The van der Waals surface area contributed by atoms with Crippen molar-refractivity contribution in [2.45, 2.75) is 142 Å². The second-order valence-electron chi connectivity index (χ2n) is 9.82. The maximum atomic E-state index is 12.5. The van der Waals surface area contributed by atoms with Crippen molar-refractivity contribution in [3.05, 3.63) is 12.2 Å². The molecule has 0 heterocycles. The molecule has 0 fully saturated rings.